The highest BCUT2D eigenvalue weighted by Gasteiger charge is 2.23. The van der Waals surface area contributed by atoms with Crippen molar-refractivity contribution in [1.29, 1.82) is 0 Å². The molecule has 1 amide bonds. The smallest absolute Gasteiger partial charge is 0.237 e. The minimum absolute atomic E-state index is 0.132. The quantitative estimate of drug-likeness (QED) is 0.668. The summed E-state index contributed by atoms with van der Waals surface area (Å²) in [4.78, 5) is 15.2. The van der Waals surface area contributed by atoms with Crippen molar-refractivity contribution in [2.45, 2.75) is 11.3 Å². The van der Waals surface area contributed by atoms with E-state index in [1.165, 1.54) is 17.3 Å². The molecule has 5 heteroatoms. The Kier molecular flexibility index (Phi) is 4.22. The number of benzene rings is 2. The van der Waals surface area contributed by atoms with Gasteiger partial charge in [0.25, 0.3) is 0 Å². The van der Waals surface area contributed by atoms with Gasteiger partial charge < -0.3 is 10.6 Å². The first-order valence-electron chi connectivity index (χ1n) is 6.71. The fourth-order valence-electron chi connectivity index (χ4n) is 2.47. The van der Waals surface area contributed by atoms with Gasteiger partial charge in [0.05, 0.1) is 5.75 Å². The van der Waals surface area contributed by atoms with E-state index in [-0.39, 0.29) is 5.91 Å². The van der Waals surface area contributed by atoms with Crippen LogP contribution in [0.15, 0.2) is 51.8 Å². The van der Waals surface area contributed by atoms with Crippen molar-refractivity contribution in [3.63, 3.8) is 0 Å². The molecule has 1 aliphatic heterocycles. The molecule has 0 atom stereocenters. The van der Waals surface area contributed by atoms with Gasteiger partial charge in [-0.2, -0.15) is 0 Å². The van der Waals surface area contributed by atoms with E-state index in [4.69, 9.17) is 5.73 Å². The van der Waals surface area contributed by atoms with Crippen molar-refractivity contribution < 1.29 is 4.79 Å². The summed E-state index contributed by atoms with van der Waals surface area (Å²) < 4.78 is 0.948. The second-order valence-electron chi connectivity index (χ2n) is 4.89. The van der Waals surface area contributed by atoms with Crippen molar-refractivity contribution in [1.82, 2.24) is 0 Å². The van der Waals surface area contributed by atoms with E-state index in [1.54, 1.807) is 0 Å². The molecule has 0 saturated heterocycles. The van der Waals surface area contributed by atoms with Crippen LogP contribution < -0.4 is 10.6 Å². The number of hydrogen-bond donors (Lipinski definition) is 1. The Hall–Kier alpha value is -1.46. The molecule has 0 aromatic heterocycles. The average molecular weight is 363 g/mol. The zero-order valence-corrected chi connectivity index (χ0v) is 13.8. The predicted molar refractivity (Wildman–Crippen MR) is 91.8 cm³/mol. The number of anilines is 2. The van der Waals surface area contributed by atoms with Gasteiger partial charge >= 0.3 is 0 Å². The van der Waals surface area contributed by atoms with E-state index in [1.807, 2.05) is 41.3 Å². The van der Waals surface area contributed by atoms with Gasteiger partial charge in [0, 0.05) is 27.3 Å². The molecule has 3 nitrogen and oxygen atoms in total. The number of nitrogen functional groups attached to an aromatic ring is 1. The lowest BCUT2D eigenvalue weighted by Gasteiger charge is -2.17. The summed E-state index contributed by atoms with van der Waals surface area (Å²) in [5, 5.41) is 0. The van der Waals surface area contributed by atoms with Crippen molar-refractivity contribution >= 4 is 45.0 Å². The first kappa shape index (κ1) is 14.5. The summed E-state index contributed by atoms with van der Waals surface area (Å²) >= 11 is 4.87. The Labute approximate surface area is 136 Å². The maximum atomic E-state index is 12.4. The number of halogens is 1. The van der Waals surface area contributed by atoms with Crippen LogP contribution in [-0.2, 0) is 11.2 Å². The third-order valence-electron chi connectivity index (χ3n) is 3.51. The molecule has 2 aromatic rings. The fourth-order valence-corrected chi connectivity index (χ4v) is 3.67. The third kappa shape index (κ3) is 3.09. The molecule has 1 heterocycles. The first-order chi connectivity index (χ1) is 10.1. The molecule has 108 valence electrons. The molecule has 0 spiro atoms. The Bertz CT molecular complexity index is 690. The molecule has 2 aromatic carbocycles. The van der Waals surface area contributed by atoms with E-state index >= 15 is 0 Å². The first-order valence-corrected chi connectivity index (χ1v) is 8.49. The highest BCUT2D eigenvalue weighted by Crippen LogP contribution is 2.31. The summed E-state index contributed by atoms with van der Waals surface area (Å²) in [7, 11) is 0. The minimum Gasteiger partial charge on any atom is -0.398 e. The van der Waals surface area contributed by atoms with Crippen LogP contribution in [0.3, 0.4) is 0 Å². The summed E-state index contributed by atoms with van der Waals surface area (Å²) in [6, 6.07) is 13.8. The Balaban J connectivity index is 1.68. The number of nitrogens with two attached hydrogens (primary N) is 1. The van der Waals surface area contributed by atoms with Crippen LogP contribution in [0.25, 0.3) is 0 Å². The van der Waals surface area contributed by atoms with Crippen molar-refractivity contribution in [2.75, 3.05) is 22.9 Å². The van der Waals surface area contributed by atoms with E-state index in [0.29, 0.717) is 11.4 Å². The van der Waals surface area contributed by atoms with Gasteiger partial charge in [-0.15, -0.1) is 11.8 Å². The highest BCUT2D eigenvalue weighted by atomic mass is 79.9. The number of nitrogens with zero attached hydrogens (tertiary/aromatic N) is 1. The number of para-hydroxylation sites is 1. The molecule has 1 aliphatic rings. The molecule has 0 fully saturated rings. The van der Waals surface area contributed by atoms with Gasteiger partial charge in [0.1, 0.15) is 0 Å². The lowest BCUT2D eigenvalue weighted by Crippen LogP contribution is -2.30. The Morgan fingerprint density at radius 1 is 1.29 bits per heavy atom. The number of carbonyl (C=O) groups excluding carboxylic acids is 1. The second-order valence-corrected chi connectivity index (χ2v) is 6.83. The highest BCUT2D eigenvalue weighted by molar-refractivity contribution is 9.10. The second kappa shape index (κ2) is 6.12. The van der Waals surface area contributed by atoms with Crippen molar-refractivity contribution in [2.24, 2.45) is 0 Å². The number of fused-ring (bicyclic) bond motifs is 1. The lowest BCUT2D eigenvalue weighted by atomic mass is 10.2. The van der Waals surface area contributed by atoms with Crippen LogP contribution in [0.5, 0.6) is 0 Å². The molecule has 0 saturated carbocycles. The molecular formula is C16H15BrN2OS. The van der Waals surface area contributed by atoms with E-state index in [9.17, 15) is 4.79 Å². The van der Waals surface area contributed by atoms with Crippen LogP contribution in [0.1, 0.15) is 5.56 Å². The van der Waals surface area contributed by atoms with Crippen LogP contribution in [0, 0.1) is 0 Å². The average Bonchev–Trinajstić information content (AvgIpc) is 2.90. The topological polar surface area (TPSA) is 46.3 Å². The number of rotatable bonds is 3. The minimum atomic E-state index is 0.132. The van der Waals surface area contributed by atoms with Gasteiger partial charge in [-0.1, -0.05) is 34.1 Å². The largest absolute Gasteiger partial charge is 0.398 e. The molecule has 3 rings (SSSR count). The van der Waals surface area contributed by atoms with Gasteiger partial charge in [0.2, 0.25) is 5.91 Å². The molecule has 0 unspecified atom stereocenters. The molecule has 0 aliphatic carbocycles. The number of carbonyl (C=O) groups is 1. The third-order valence-corrected chi connectivity index (χ3v) is 5.08. The standard InChI is InChI=1S/C16H15BrN2OS/c17-12-5-6-15(13(18)9-12)21-10-16(20)19-8-7-11-3-1-2-4-14(11)19/h1-6,9H,7-8,10,18H2. The van der Waals surface area contributed by atoms with Gasteiger partial charge in [-0.25, -0.2) is 0 Å². The van der Waals surface area contributed by atoms with Crippen molar-refractivity contribution in [3.8, 4) is 0 Å². The van der Waals surface area contributed by atoms with E-state index in [0.717, 1.165) is 28.0 Å². The van der Waals surface area contributed by atoms with Gasteiger partial charge in [0.15, 0.2) is 0 Å². The van der Waals surface area contributed by atoms with Gasteiger partial charge in [-0.3, -0.25) is 4.79 Å². The molecule has 0 bridgehead atoms. The number of hydrogen-bond acceptors (Lipinski definition) is 3. The SMILES string of the molecule is Nc1cc(Br)ccc1SCC(=O)N1CCc2ccccc21. The van der Waals surface area contributed by atoms with E-state index < -0.39 is 0 Å². The van der Waals surface area contributed by atoms with E-state index in [2.05, 4.69) is 22.0 Å². The maximum Gasteiger partial charge on any atom is 0.237 e. The predicted octanol–water partition coefficient (Wildman–Crippen LogP) is 3.71. The van der Waals surface area contributed by atoms with Crippen LogP contribution in [-0.4, -0.2) is 18.2 Å². The summed E-state index contributed by atoms with van der Waals surface area (Å²) in [6.07, 6.45) is 0.938. The molecule has 0 radical (unpaired) electrons. The van der Waals surface area contributed by atoms with Crippen LogP contribution in [0.2, 0.25) is 0 Å². The summed E-state index contributed by atoms with van der Waals surface area (Å²) in [6.45, 7) is 0.772. The zero-order chi connectivity index (χ0) is 14.8. The number of thioether (sulfide) groups is 1. The fraction of sp³-hybridized carbons (Fsp3) is 0.188. The molecule has 2 N–H and O–H groups in total. The van der Waals surface area contributed by atoms with Crippen LogP contribution in [0.4, 0.5) is 11.4 Å². The Morgan fingerprint density at radius 3 is 2.90 bits per heavy atom. The maximum absolute atomic E-state index is 12.4. The summed E-state index contributed by atoms with van der Waals surface area (Å²) in [5.74, 6) is 0.535. The zero-order valence-electron chi connectivity index (χ0n) is 11.4. The molecular weight excluding hydrogens is 348 g/mol. The molecule has 21 heavy (non-hydrogen) atoms. The monoisotopic (exact) mass is 362 g/mol. The summed E-state index contributed by atoms with van der Waals surface area (Å²) in [5.41, 5.74) is 8.96. The van der Waals surface area contributed by atoms with Crippen molar-refractivity contribution in [3.05, 3.63) is 52.5 Å². The Morgan fingerprint density at radius 2 is 2.10 bits per heavy atom. The van der Waals surface area contributed by atoms with Crippen LogP contribution >= 0.6 is 27.7 Å². The lowest BCUT2D eigenvalue weighted by molar-refractivity contribution is -0.116. The number of amides is 1. The normalized spacial score (nSPS) is 13.3. The van der Waals surface area contributed by atoms with Gasteiger partial charge in [-0.05, 0) is 36.2 Å².